The summed E-state index contributed by atoms with van der Waals surface area (Å²) >= 11 is 0. The topological polar surface area (TPSA) is 81.2 Å². The van der Waals surface area contributed by atoms with E-state index in [1.165, 1.54) is 15.6 Å². The second-order valence-corrected chi connectivity index (χ2v) is 8.59. The minimum absolute atomic E-state index is 0.173. The van der Waals surface area contributed by atoms with E-state index in [2.05, 4.69) is 45.3 Å². The molecule has 5 heterocycles. The van der Waals surface area contributed by atoms with Crippen LogP contribution in [0.5, 0.6) is 0 Å². The highest BCUT2D eigenvalue weighted by molar-refractivity contribution is 5.96. The van der Waals surface area contributed by atoms with Crippen LogP contribution in [0.4, 0.5) is 5.82 Å². The molecule has 5 aromatic rings. The van der Waals surface area contributed by atoms with Gasteiger partial charge >= 0.3 is 5.69 Å². The monoisotopic (exact) mass is 437 g/mol. The van der Waals surface area contributed by atoms with Crippen LogP contribution in [-0.4, -0.2) is 35.7 Å². The van der Waals surface area contributed by atoms with Crippen molar-refractivity contribution in [1.29, 1.82) is 0 Å². The summed E-state index contributed by atoms with van der Waals surface area (Å²) in [6.07, 6.45) is 6.54. The summed E-state index contributed by atoms with van der Waals surface area (Å²) in [5.74, 6) is 1.31. The molecule has 6 rings (SSSR count). The normalized spacial score (nSPS) is 13.6. The molecular weight excluding hydrogens is 414 g/mol. The van der Waals surface area contributed by atoms with Crippen LogP contribution in [0.25, 0.3) is 27.7 Å². The van der Waals surface area contributed by atoms with Gasteiger partial charge in [0.15, 0.2) is 0 Å². The van der Waals surface area contributed by atoms with E-state index in [-0.39, 0.29) is 5.69 Å². The molecule has 164 valence electrons. The minimum Gasteiger partial charge on any atom is -0.351 e. The van der Waals surface area contributed by atoms with Crippen LogP contribution < -0.4 is 10.6 Å². The first-order chi connectivity index (χ1) is 16.0. The van der Waals surface area contributed by atoms with E-state index in [4.69, 9.17) is 9.97 Å². The number of nitrogens with zero attached hydrogens (tertiary/aromatic N) is 7. The second-order valence-electron chi connectivity index (χ2n) is 8.59. The van der Waals surface area contributed by atoms with Gasteiger partial charge in [0.25, 0.3) is 5.78 Å². The fourth-order valence-corrected chi connectivity index (χ4v) is 4.76. The molecule has 1 aliphatic heterocycles. The maximum absolute atomic E-state index is 12.4. The van der Waals surface area contributed by atoms with Gasteiger partial charge in [0.05, 0.1) is 0 Å². The Bertz CT molecular complexity index is 1610. The van der Waals surface area contributed by atoms with Crippen molar-refractivity contribution in [3.05, 3.63) is 81.9 Å². The average Bonchev–Trinajstić information content (AvgIpc) is 3.13. The van der Waals surface area contributed by atoms with Crippen molar-refractivity contribution in [1.82, 2.24) is 29.1 Å². The molecule has 0 aliphatic carbocycles. The highest BCUT2D eigenvalue weighted by Crippen LogP contribution is 2.32. The minimum atomic E-state index is -0.173. The molecule has 4 aromatic heterocycles. The third-order valence-corrected chi connectivity index (χ3v) is 6.66. The molecule has 33 heavy (non-hydrogen) atoms. The zero-order chi connectivity index (χ0) is 22.7. The summed E-state index contributed by atoms with van der Waals surface area (Å²) in [6, 6.07) is 10.6. The molecule has 1 aliphatic rings. The molecule has 0 spiro atoms. The van der Waals surface area contributed by atoms with Gasteiger partial charge in [-0.05, 0) is 42.5 Å². The Morgan fingerprint density at radius 3 is 2.85 bits per heavy atom. The van der Waals surface area contributed by atoms with Crippen LogP contribution >= 0.6 is 0 Å². The fourth-order valence-electron chi connectivity index (χ4n) is 4.76. The number of aryl methyl sites for hydroxylation is 2. The average molecular weight is 438 g/mol. The molecule has 0 atom stereocenters. The Morgan fingerprint density at radius 1 is 1.09 bits per heavy atom. The quantitative estimate of drug-likeness (QED) is 0.422. The van der Waals surface area contributed by atoms with Gasteiger partial charge in [0, 0.05) is 73.0 Å². The predicted octanol–water partition coefficient (Wildman–Crippen LogP) is 3.22. The van der Waals surface area contributed by atoms with Gasteiger partial charge in [-0.1, -0.05) is 18.2 Å². The van der Waals surface area contributed by atoms with Crippen molar-refractivity contribution in [3.63, 3.8) is 0 Å². The Hall–Kier alpha value is -4.07. The molecule has 0 bridgehead atoms. The van der Waals surface area contributed by atoms with Gasteiger partial charge in [-0.25, -0.2) is 13.9 Å². The van der Waals surface area contributed by atoms with Crippen molar-refractivity contribution in [2.45, 2.75) is 26.8 Å². The zero-order valence-corrected chi connectivity index (χ0v) is 18.8. The Labute approximate surface area is 190 Å². The van der Waals surface area contributed by atoms with Crippen LogP contribution in [0.2, 0.25) is 0 Å². The SMILES string of the molecule is Cc1c(N2CCc3ncc(-c4cccc5cnccc45)cc3C2)nc2nn(C)c(=O)n2c1C. The van der Waals surface area contributed by atoms with Gasteiger partial charge in [0.1, 0.15) is 5.82 Å². The van der Waals surface area contributed by atoms with Crippen LogP contribution in [0.15, 0.2) is 53.7 Å². The lowest BCUT2D eigenvalue weighted by molar-refractivity contribution is 0.698. The number of hydrogen-bond donors (Lipinski definition) is 0. The first kappa shape index (κ1) is 19.6. The van der Waals surface area contributed by atoms with Crippen LogP contribution in [0.3, 0.4) is 0 Å². The Morgan fingerprint density at radius 2 is 1.97 bits per heavy atom. The maximum atomic E-state index is 12.4. The van der Waals surface area contributed by atoms with E-state index in [0.29, 0.717) is 12.3 Å². The molecular formula is C25H23N7O. The van der Waals surface area contributed by atoms with E-state index in [0.717, 1.165) is 52.2 Å². The summed E-state index contributed by atoms with van der Waals surface area (Å²) in [6.45, 7) is 5.50. The number of benzene rings is 1. The summed E-state index contributed by atoms with van der Waals surface area (Å²) in [5, 5.41) is 6.59. The van der Waals surface area contributed by atoms with Crippen LogP contribution in [0.1, 0.15) is 22.5 Å². The Kier molecular flexibility index (Phi) is 4.29. The van der Waals surface area contributed by atoms with Gasteiger partial charge in [-0.3, -0.25) is 9.97 Å². The lowest BCUT2D eigenvalue weighted by atomic mass is 9.97. The summed E-state index contributed by atoms with van der Waals surface area (Å²) in [5.41, 5.74) is 6.26. The lowest BCUT2D eigenvalue weighted by Crippen LogP contribution is -2.33. The summed E-state index contributed by atoms with van der Waals surface area (Å²) in [7, 11) is 1.65. The van der Waals surface area contributed by atoms with Gasteiger partial charge < -0.3 is 4.90 Å². The van der Waals surface area contributed by atoms with Crippen LogP contribution in [0, 0.1) is 13.8 Å². The predicted molar refractivity (Wildman–Crippen MR) is 127 cm³/mol. The number of pyridine rings is 2. The third kappa shape index (κ3) is 3.01. The maximum Gasteiger partial charge on any atom is 0.351 e. The molecule has 0 unspecified atom stereocenters. The number of hydrogen-bond acceptors (Lipinski definition) is 6. The summed E-state index contributed by atoms with van der Waals surface area (Å²) < 4.78 is 2.91. The largest absolute Gasteiger partial charge is 0.351 e. The molecule has 1 aromatic carbocycles. The molecule has 0 radical (unpaired) electrons. The second kappa shape index (κ2) is 7.23. The zero-order valence-electron chi connectivity index (χ0n) is 18.8. The highest BCUT2D eigenvalue weighted by Gasteiger charge is 2.23. The van der Waals surface area contributed by atoms with Crippen molar-refractivity contribution >= 4 is 22.4 Å². The van der Waals surface area contributed by atoms with Crippen molar-refractivity contribution in [2.24, 2.45) is 7.05 Å². The number of rotatable bonds is 2. The molecule has 0 fully saturated rings. The van der Waals surface area contributed by atoms with Gasteiger partial charge in [-0.2, -0.15) is 4.98 Å². The molecule has 8 heteroatoms. The highest BCUT2D eigenvalue weighted by atomic mass is 16.2. The van der Waals surface area contributed by atoms with Crippen LogP contribution in [-0.2, 0) is 20.0 Å². The molecule has 0 N–H and O–H groups in total. The van der Waals surface area contributed by atoms with E-state index < -0.39 is 0 Å². The first-order valence-electron chi connectivity index (χ1n) is 11.0. The van der Waals surface area contributed by atoms with E-state index in [1.54, 1.807) is 11.4 Å². The summed E-state index contributed by atoms with van der Waals surface area (Å²) in [4.78, 5) is 28.5. The Balaban J connectivity index is 1.42. The smallest absolute Gasteiger partial charge is 0.351 e. The van der Waals surface area contributed by atoms with Crippen molar-refractivity contribution < 1.29 is 0 Å². The molecule has 0 saturated heterocycles. The molecule has 8 nitrogen and oxygen atoms in total. The van der Waals surface area contributed by atoms with Crippen molar-refractivity contribution in [2.75, 3.05) is 11.4 Å². The van der Waals surface area contributed by atoms with E-state index in [9.17, 15) is 4.79 Å². The number of fused-ring (bicyclic) bond motifs is 3. The molecule has 0 saturated carbocycles. The first-order valence-corrected chi connectivity index (χ1v) is 11.0. The van der Waals surface area contributed by atoms with E-state index in [1.807, 2.05) is 32.4 Å². The standard InChI is InChI=1S/C25H23N7O/c1-15-16(2)32-24(29-30(3)25(32)33)28-23(15)31-10-8-22-19(14-31)11-18(13-27-22)20-6-4-5-17-12-26-9-7-21(17)20/h4-7,9,11-13H,8,10,14H2,1-3H3. The van der Waals surface area contributed by atoms with E-state index >= 15 is 0 Å². The van der Waals surface area contributed by atoms with Crippen molar-refractivity contribution in [3.8, 4) is 11.1 Å². The fraction of sp³-hybridized carbons (Fsp3) is 0.240. The number of aromatic nitrogens is 6. The number of anilines is 1. The third-order valence-electron chi connectivity index (χ3n) is 6.66. The van der Waals surface area contributed by atoms with Gasteiger partial charge in [-0.15, -0.1) is 5.10 Å². The van der Waals surface area contributed by atoms with Gasteiger partial charge in [0.2, 0.25) is 0 Å². The molecule has 0 amide bonds. The lowest BCUT2D eigenvalue weighted by Gasteiger charge is -2.31.